The molecule has 1 aromatic carbocycles. The molecule has 0 saturated carbocycles. The summed E-state index contributed by atoms with van der Waals surface area (Å²) in [5, 5.41) is 2.36. The van der Waals surface area contributed by atoms with Crippen molar-refractivity contribution in [3.63, 3.8) is 0 Å². The van der Waals surface area contributed by atoms with Crippen molar-refractivity contribution < 1.29 is 14.3 Å². The van der Waals surface area contributed by atoms with Crippen molar-refractivity contribution in [2.75, 3.05) is 13.7 Å². The van der Waals surface area contributed by atoms with Crippen molar-refractivity contribution in [2.24, 2.45) is 0 Å². The number of carbonyl (C=O) groups is 2. The summed E-state index contributed by atoms with van der Waals surface area (Å²) in [7, 11) is 1.49. The number of rotatable bonds is 3. The zero-order valence-corrected chi connectivity index (χ0v) is 8.74. The second-order valence-electron chi connectivity index (χ2n) is 3.12. The van der Waals surface area contributed by atoms with Crippen LogP contribution < -0.4 is 5.32 Å². The second-order valence-corrected chi connectivity index (χ2v) is 3.12. The molecule has 0 aromatic heterocycles. The van der Waals surface area contributed by atoms with Gasteiger partial charge in [-0.15, -0.1) is 0 Å². The van der Waals surface area contributed by atoms with E-state index in [1.807, 2.05) is 19.1 Å². The summed E-state index contributed by atoms with van der Waals surface area (Å²) in [6.07, 6.45) is 0. The lowest BCUT2D eigenvalue weighted by molar-refractivity contribution is -0.123. The van der Waals surface area contributed by atoms with Crippen LogP contribution in [0.3, 0.4) is 0 Å². The van der Waals surface area contributed by atoms with E-state index in [1.54, 1.807) is 12.1 Å². The van der Waals surface area contributed by atoms with Gasteiger partial charge in [0.15, 0.2) is 6.61 Å². The molecule has 0 unspecified atom stereocenters. The van der Waals surface area contributed by atoms with E-state index in [1.165, 1.54) is 7.05 Å². The lowest BCUT2D eigenvalue weighted by atomic mass is 10.1. The molecule has 15 heavy (non-hydrogen) atoms. The Hall–Kier alpha value is -1.84. The maximum Gasteiger partial charge on any atom is 0.338 e. The Bertz CT molecular complexity index is 357. The summed E-state index contributed by atoms with van der Waals surface area (Å²) in [5.74, 6) is -0.811. The minimum absolute atomic E-state index is 0.247. The van der Waals surface area contributed by atoms with E-state index in [-0.39, 0.29) is 12.5 Å². The van der Waals surface area contributed by atoms with Crippen LogP contribution >= 0.6 is 0 Å². The Morgan fingerprint density at radius 2 is 1.87 bits per heavy atom. The maximum absolute atomic E-state index is 11.4. The minimum atomic E-state index is -0.487. The van der Waals surface area contributed by atoms with Gasteiger partial charge in [0.1, 0.15) is 0 Å². The van der Waals surface area contributed by atoms with Crippen LogP contribution in [0.4, 0.5) is 0 Å². The lowest BCUT2D eigenvalue weighted by Crippen LogP contribution is -2.25. The van der Waals surface area contributed by atoms with E-state index in [0.29, 0.717) is 5.56 Å². The third kappa shape index (κ3) is 3.42. The molecular weight excluding hydrogens is 194 g/mol. The molecule has 0 aliphatic heterocycles. The first-order valence-electron chi connectivity index (χ1n) is 4.58. The zero-order valence-electron chi connectivity index (χ0n) is 8.74. The van der Waals surface area contributed by atoms with Crippen LogP contribution in [0.5, 0.6) is 0 Å². The summed E-state index contributed by atoms with van der Waals surface area (Å²) in [6, 6.07) is 6.97. The number of aryl methyl sites for hydroxylation is 1. The molecule has 0 fully saturated rings. The highest BCUT2D eigenvalue weighted by molar-refractivity contribution is 5.91. The maximum atomic E-state index is 11.4. The average Bonchev–Trinajstić information content (AvgIpc) is 2.26. The third-order valence-corrected chi connectivity index (χ3v) is 1.90. The first kappa shape index (κ1) is 11.2. The number of likely N-dealkylation sites (N-methyl/N-ethyl adjacent to an activating group) is 1. The van der Waals surface area contributed by atoms with Crippen LogP contribution in [-0.2, 0) is 9.53 Å². The number of hydrogen-bond acceptors (Lipinski definition) is 3. The number of benzene rings is 1. The van der Waals surface area contributed by atoms with Gasteiger partial charge in [-0.25, -0.2) is 4.79 Å². The molecule has 80 valence electrons. The number of nitrogens with one attached hydrogen (secondary N) is 1. The van der Waals surface area contributed by atoms with Crippen molar-refractivity contribution >= 4 is 11.9 Å². The van der Waals surface area contributed by atoms with Crippen molar-refractivity contribution in [1.82, 2.24) is 5.32 Å². The molecular formula is C11H13NO3. The third-order valence-electron chi connectivity index (χ3n) is 1.90. The number of amides is 1. The van der Waals surface area contributed by atoms with E-state index >= 15 is 0 Å². The second kappa shape index (κ2) is 5.14. The predicted octanol–water partition coefficient (Wildman–Crippen LogP) is 0.898. The van der Waals surface area contributed by atoms with Crippen LogP contribution in [0.25, 0.3) is 0 Å². The molecule has 0 aliphatic carbocycles. The normalized spacial score (nSPS) is 9.47. The summed E-state index contributed by atoms with van der Waals surface area (Å²) >= 11 is 0. The molecule has 0 radical (unpaired) electrons. The minimum Gasteiger partial charge on any atom is -0.452 e. The highest BCUT2D eigenvalue weighted by Gasteiger charge is 2.08. The van der Waals surface area contributed by atoms with Crippen molar-refractivity contribution in [3.05, 3.63) is 35.4 Å². The van der Waals surface area contributed by atoms with E-state index in [9.17, 15) is 9.59 Å². The van der Waals surface area contributed by atoms with Gasteiger partial charge in [0.2, 0.25) is 0 Å². The highest BCUT2D eigenvalue weighted by atomic mass is 16.5. The first-order valence-corrected chi connectivity index (χ1v) is 4.58. The van der Waals surface area contributed by atoms with Crippen LogP contribution in [0.1, 0.15) is 15.9 Å². The van der Waals surface area contributed by atoms with Gasteiger partial charge in [-0.1, -0.05) is 17.7 Å². The topological polar surface area (TPSA) is 55.4 Å². The first-order chi connectivity index (χ1) is 7.13. The molecule has 4 nitrogen and oxygen atoms in total. The molecule has 4 heteroatoms. The largest absolute Gasteiger partial charge is 0.452 e. The van der Waals surface area contributed by atoms with E-state index in [2.05, 4.69) is 5.32 Å². The average molecular weight is 207 g/mol. The van der Waals surface area contributed by atoms with Gasteiger partial charge in [0.25, 0.3) is 5.91 Å². The summed E-state index contributed by atoms with van der Waals surface area (Å²) in [5.41, 5.74) is 1.52. The molecule has 0 heterocycles. The van der Waals surface area contributed by atoms with Gasteiger partial charge in [0.05, 0.1) is 5.56 Å². The van der Waals surface area contributed by atoms with Gasteiger partial charge in [0, 0.05) is 7.05 Å². The molecule has 1 amide bonds. The zero-order chi connectivity index (χ0) is 11.3. The molecule has 0 saturated heterocycles. The predicted molar refractivity (Wildman–Crippen MR) is 55.5 cm³/mol. The van der Waals surface area contributed by atoms with Crippen LogP contribution in [0, 0.1) is 6.92 Å². The van der Waals surface area contributed by atoms with Gasteiger partial charge in [-0.3, -0.25) is 4.79 Å². The Labute approximate surface area is 88.2 Å². The van der Waals surface area contributed by atoms with E-state index in [0.717, 1.165) is 5.56 Å². The lowest BCUT2D eigenvalue weighted by Gasteiger charge is -2.03. The molecule has 0 aliphatic rings. The molecule has 1 N–H and O–H groups in total. The molecule has 1 rings (SSSR count). The Kier molecular flexibility index (Phi) is 3.85. The molecule has 0 bridgehead atoms. The smallest absolute Gasteiger partial charge is 0.338 e. The van der Waals surface area contributed by atoms with Crippen LogP contribution in [-0.4, -0.2) is 25.5 Å². The van der Waals surface area contributed by atoms with Crippen molar-refractivity contribution in [1.29, 1.82) is 0 Å². The SMILES string of the molecule is CNC(=O)COC(=O)c1ccc(C)cc1. The number of hydrogen-bond donors (Lipinski definition) is 1. The number of ether oxygens (including phenoxy) is 1. The monoisotopic (exact) mass is 207 g/mol. The Balaban J connectivity index is 2.54. The standard InChI is InChI=1S/C11H13NO3/c1-8-3-5-9(6-4-8)11(14)15-7-10(13)12-2/h3-6H,7H2,1-2H3,(H,12,13). The summed E-state index contributed by atoms with van der Waals surface area (Å²) in [4.78, 5) is 22.2. The quantitative estimate of drug-likeness (QED) is 0.749. The van der Waals surface area contributed by atoms with Crippen molar-refractivity contribution in [2.45, 2.75) is 6.92 Å². The van der Waals surface area contributed by atoms with E-state index < -0.39 is 5.97 Å². The molecule has 1 aromatic rings. The van der Waals surface area contributed by atoms with Crippen LogP contribution in [0.2, 0.25) is 0 Å². The molecule has 0 spiro atoms. The van der Waals surface area contributed by atoms with Crippen LogP contribution in [0.15, 0.2) is 24.3 Å². The van der Waals surface area contributed by atoms with E-state index in [4.69, 9.17) is 4.74 Å². The van der Waals surface area contributed by atoms with Gasteiger partial charge >= 0.3 is 5.97 Å². The number of carbonyl (C=O) groups excluding carboxylic acids is 2. The van der Waals surface area contributed by atoms with Gasteiger partial charge in [-0.05, 0) is 19.1 Å². The van der Waals surface area contributed by atoms with Gasteiger partial charge < -0.3 is 10.1 Å². The Morgan fingerprint density at radius 1 is 1.27 bits per heavy atom. The fraction of sp³-hybridized carbons (Fsp3) is 0.273. The molecule has 0 atom stereocenters. The fourth-order valence-corrected chi connectivity index (χ4v) is 0.976. The fourth-order valence-electron chi connectivity index (χ4n) is 0.976. The Morgan fingerprint density at radius 3 is 2.40 bits per heavy atom. The number of esters is 1. The summed E-state index contributed by atoms with van der Waals surface area (Å²) < 4.78 is 4.77. The highest BCUT2D eigenvalue weighted by Crippen LogP contribution is 2.04. The van der Waals surface area contributed by atoms with Gasteiger partial charge in [-0.2, -0.15) is 0 Å². The summed E-state index contributed by atoms with van der Waals surface area (Å²) in [6.45, 7) is 1.68. The van der Waals surface area contributed by atoms with Crippen molar-refractivity contribution in [3.8, 4) is 0 Å².